The van der Waals surface area contributed by atoms with Gasteiger partial charge in [0.2, 0.25) is 0 Å². The van der Waals surface area contributed by atoms with Crippen LogP contribution in [0.2, 0.25) is 0 Å². The molecule has 1 rings (SSSR count). The largest absolute Gasteiger partial charge is 0.494 e. The second-order valence-corrected chi connectivity index (χ2v) is 2.93. The highest BCUT2D eigenvalue weighted by Crippen LogP contribution is 2.31. The van der Waals surface area contributed by atoms with Crippen molar-refractivity contribution < 1.29 is 18.3 Å². The highest BCUT2D eigenvalue weighted by atomic mass is 19.1. The van der Waals surface area contributed by atoms with Gasteiger partial charge < -0.3 is 15.2 Å². The van der Waals surface area contributed by atoms with Crippen molar-refractivity contribution in [1.29, 1.82) is 0 Å². The van der Waals surface area contributed by atoms with Crippen LogP contribution in [-0.4, -0.2) is 20.8 Å². The fourth-order valence-electron chi connectivity index (χ4n) is 1.30. The van der Waals surface area contributed by atoms with Crippen molar-refractivity contribution in [3.63, 3.8) is 0 Å². The molecular weight excluding hydrogens is 204 g/mol. The van der Waals surface area contributed by atoms with Crippen LogP contribution in [0.3, 0.4) is 0 Å². The molecule has 0 spiro atoms. The molecule has 0 aliphatic heterocycles. The van der Waals surface area contributed by atoms with Crippen molar-refractivity contribution in [2.75, 3.05) is 20.8 Å². The molecule has 0 saturated heterocycles. The second kappa shape index (κ2) is 4.93. The summed E-state index contributed by atoms with van der Waals surface area (Å²) in [4.78, 5) is 0. The zero-order valence-electron chi connectivity index (χ0n) is 8.64. The van der Waals surface area contributed by atoms with Crippen molar-refractivity contribution >= 4 is 0 Å². The van der Waals surface area contributed by atoms with Crippen LogP contribution in [0.15, 0.2) is 6.07 Å². The summed E-state index contributed by atoms with van der Waals surface area (Å²) in [6, 6.07) is 1.17. The van der Waals surface area contributed by atoms with Crippen LogP contribution < -0.4 is 15.2 Å². The van der Waals surface area contributed by atoms with Gasteiger partial charge in [-0.15, -0.1) is 0 Å². The van der Waals surface area contributed by atoms with E-state index in [1.54, 1.807) is 0 Å². The number of hydrogen-bond donors (Lipinski definition) is 1. The van der Waals surface area contributed by atoms with Gasteiger partial charge in [0.25, 0.3) is 0 Å². The molecule has 0 atom stereocenters. The molecule has 0 aliphatic carbocycles. The quantitative estimate of drug-likeness (QED) is 0.830. The van der Waals surface area contributed by atoms with E-state index in [9.17, 15) is 8.78 Å². The van der Waals surface area contributed by atoms with Crippen LogP contribution in [0.1, 0.15) is 5.56 Å². The Hall–Kier alpha value is -1.36. The van der Waals surface area contributed by atoms with Gasteiger partial charge in [-0.3, -0.25) is 0 Å². The number of methoxy groups -OCH3 is 2. The molecule has 0 heterocycles. The Balaban J connectivity index is 3.32. The van der Waals surface area contributed by atoms with Gasteiger partial charge in [-0.1, -0.05) is 0 Å². The monoisotopic (exact) mass is 217 g/mol. The molecule has 0 aromatic heterocycles. The zero-order chi connectivity index (χ0) is 11.4. The van der Waals surface area contributed by atoms with Crippen LogP contribution in [-0.2, 0) is 6.42 Å². The zero-order valence-corrected chi connectivity index (χ0v) is 8.64. The Morgan fingerprint density at radius 2 is 1.60 bits per heavy atom. The van der Waals surface area contributed by atoms with Gasteiger partial charge in [-0.25, -0.2) is 8.78 Å². The van der Waals surface area contributed by atoms with Gasteiger partial charge in [-0.2, -0.15) is 0 Å². The van der Waals surface area contributed by atoms with Crippen molar-refractivity contribution in [2.45, 2.75) is 6.42 Å². The summed E-state index contributed by atoms with van der Waals surface area (Å²) in [6.45, 7) is 0.157. The highest BCUT2D eigenvalue weighted by molar-refractivity contribution is 5.41. The lowest BCUT2D eigenvalue weighted by Crippen LogP contribution is -2.09. The summed E-state index contributed by atoms with van der Waals surface area (Å²) >= 11 is 0. The molecule has 15 heavy (non-hydrogen) atoms. The Morgan fingerprint density at radius 1 is 1.13 bits per heavy atom. The summed E-state index contributed by atoms with van der Waals surface area (Å²) < 4.78 is 36.7. The summed E-state index contributed by atoms with van der Waals surface area (Å²) in [5, 5.41) is 0. The molecule has 1 aromatic rings. The predicted molar refractivity (Wildman–Crippen MR) is 52.2 cm³/mol. The van der Waals surface area contributed by atoms with E-state index in [0.717, 1.165) is 0 Å². The molecule has 0 unspecified atom stereocenters. The SMILES string of the molecule is COc1cc(OC)c(F)c(CCN)c1F. The van der Waals surface area contributed by atoms with E-state index in [2.05, 4.69) is 0 Å². The first-order valence-electron chi connectivity index (χ1n) is 4.44. The van der Waals surface area contributed by atoms with E-state index in [-0.39, 0.29) is 30.0 Å². The Bertz CT molecular complexity index is 328. The molecule has 0 aliphatic rings. The standard InChI is InChI=1S/C10H13F2NO2/c1-14-7-5-8(15-2)10(12)6(3-4-13)9(7)11/h5H,3-4,13H2,1-2H3. The van der Waals surface area contributed by atoms with E-state index in [1.165, 1.54) is 20.3 Å². The molecule has 0 radical (unpaired) electrons. The smallest absolute Gasteiger partial charge is 0.171 e. The van der Waals surface area contributed by atoms with Crippen molar-refractivity contribution in [3.05, 3.63) is 23.3 Å². The van der Waals surface area contributed by atoms with Crippen molar-refractivity contribution in [1.82, 2.24) is 0 Å². The number of hydrogen-bond acceptors (Lipinski definition) is 3. The molecular formula is C10H13F2NO2. The summed E-state index contributed by atoms with van der Waals surface area (Å²) in [6.07, 6.45) is 0.102. The lowest BCUT2D eigenvalue weighted by Gasteiger charge is -2.11. The maximum absolute atomic E-state index is 13.6. The van der Waals surface area contributed by atoms with E-state index < -0.39 is 11.6 Å². The van der Waals surface area contributed by atoms with E-state index in [1.807, 2.05) is 0 Å². The van der Waals surface area contributed by atoms with Crippen molar-refractivity contribution in [2.24, 2.45) is 5.73 Å². The molecule has 0 bridgehead atoms. The van der Waals surface area contributed by atoms with E-state index in [0.29, 0.717) is 0 Å². The van der Waals surface area contributed by atoms with Gasteiger partial charge in [0.15, 0.2) is 23.1 Å². The number of rotatable bonds is 4. The molecule has 2 N–H and O–H groups in total. The third-order valence-corrected chi connectivity index (χ3v) is 2.06. The maximum atomic E-state index is 13.6. The first-order chi connectivity index (χ1) is 7.15. The Morgan fingerprint density at radius 3 is 1.93 bits per heavy atom. The van der Waals surface area contributed by atoms with E-state index in [4.69, 9.17) is 15.2 Å². The molecule has 3 nitrogen and oxygen atoms in total. The highest BCUT2D eigenvalue weighted by Gasteiger charge is 2.18. The molecule has 5 heteroatoms. The molecule has 0 saturated carbocycles. The second-order valence-electron chi connectivity index (χ2n) is 2.93. The fraction of sp³-hybridized carbons (Fsp3) is 0.400. The summed E-state index contributed by atoms with van der Waals surface area (Å²) in [7, 11) is 2.62. The number of nitrogens with two attached hydrogens (primary N) is 1. The van der Waals surface area contributed by atoms with Gasteiger partial charge in [0.05, 0.1) is 14.2 Å². The molecule has 84 valence electrons. The average Bonchev–Trinajstić information content (AvgIpc) is 2.25. The minimum absolute atomic E-state index is 0.0447. The summed E-state index contributed by atoms with van der Waals surface area (Å²) in [5.41, 5.74) is 5.16. The summed E-state index contributed by atoms with van der Waals surface area (Å²) in [5.74, 6) is -1.53. The van der Waals surface area contributed by atoms with E-state index >= 15 is 0 Å². The van der Waals surface area contributed by atoms with Crippen LogP contribution in [0, 0.1) is 11.6 Å². The minimum atomic E-state index is -0.721. The number of benzene rings is 1. The normalized spacial score (nSPS) is 10.2. The third-order valence-electron chi connectivity index (χ3n) is 2.06. The first-order valence-corrected chi connectivity index (χ1v) is 4.44. The first kappa shape index (κ1) is 11.7. The van der Waals surface area contributed by atoms with Crippen LogP contribution in [0.25, 0.3) is 0 Å². The van der Waals surface area contributed by atoms with Crippen LogP contribution in [0.4, 0.5) is 8.78 Å². The van der Waals surface area contributed by atoms with Crippen LogP contribution >= 0.6 is 0 Å². The lowest BCUT2D eigenvalue weighted by molar-refractivity contribution is 0.353. The molecule has 1 aromatic carbocycles. The predicted octanol–water partition coefficient (Wildman–Crippen LogP) is 1.48. The van der Waals surface area contributed by atoms with Gasteiger partial charge in [-0.05, 0) is 13.0 Å². The number of ether oxygens (including phenoxy) is 2. The Kier molecular flexibility index (Phi) is 3.85. The average molecular weight is 217 g/mol. The maximum Gasteiger partial charge on any atom is 0.171 e. The van der Waals surface area contributed by atoms with Crippen LogP contribution in [0.5, 0.6) is 11.5 Å². The lowest BCUT2D eigenvalue weighted by atomic mass is 10.1. The molecule has 0 amide bonds. The third kappa shape index (κ3) is 2.18. The fourth-order valence-corrected chi connectivity index (χ4v) is 1.30. The van der Waals surface area contributed by atoms with Gasteiger partial charge in [0.1, 0.15) is 0 Å². The molecule has 0 fully saturated rings. The van der Waals surface area contributed by atoms with Crippen molar-refractivity contribution in [3.8, 4) is 11.5 Å². The topological polar surface area (TPSA) is 44.5 Å². The van der Waals surface area contributed by atoms with Gasteiger partial charge >= 0.3 is 0 Å². The minimum Gasteiger partial charge on any atom is -0.494 e. The van der Waals surface area contributed by atoms with Gasteiger partial charge in [0, 0.05) is 11.6 Å². The number of halogens is 2. The Labute approximate surface area is 86.8 Å².